The van der Waals surface area contributed by atoms with Crippen LogP contribution in [0.2, 0.25) is 0 Å². The number of nitrogens with one attached hydrogen (secondary N) is 3. The first-order chi connectivity index (χ1) is 12.1. The number of fused-ring (bicyclic) bond motifs is 1. The molecule has 5 nitrogen and oxygen atoms in total. The molecule has 0 unspecified atom stereocenters. The second kappa shape index (κ2) is 7.74. The number of halogens is 2. The number of carbonyl (C=O) groups is 1. The Morgan fingerprint density at radius 1 is 1.44 bits per heavy atom. The molecular formula is C18H22F2N4O. The molecule has 3 N–H and O–H groups in total. The summed E-state index contributed by atoms with van der Waals surface area (Å²) >= 11 is 0. The molecule has 7 heteroatoms. The van der Waals surface area contributed by atoms with Gasteiger partial charge in [0.15, 0.2) is 0 Å². The van der Waals surface area contributed by atoms with Gasteiger partial charge in [-0.3, -0.25) is 4.79 Å². The summed E-state index contributed by atoms with van der Waals surface area (Å²) in [5, 5.41) is 12.6. The van der Waals surface area contributed by atoms with Crippen LogP contribution in [0.15, 0.2) is 30.0 Å². The molecule has 1 amide bonds. The van der Waals surface area contributed by atoms with Crippen molar-refractivity contribution in [1.82, 2.24) is 15.5 Å². The average Bonchev–Trinajstić information content (AvgIpc) is 3.15. The van der Waals surface area contributed by atoms with Gasteiger partial charge in [-0.05, 0) is 42.5 Å². The topological polar surface area (TPSA) is 68.2 Å². The molecule has 1 aromatic rings. The zero-order valence-electron chi connectivity index (χ0n) is 13.9. The van der Waals surface area contributed by atoms with Crippen molar-refractivity contribution in [2.45, 2.75) is 38.4 Å². The molecule has 0 aliphatic carbocycles. The summed E-state index contributed by atoms with van der Waals surface area (Å²) in [5.41, 5.74) is 3.53. The molecule has 134 valence electrons. The molecule has 0 radical (unpaired) electrons. The lowest BCUT2D eigenvalue weighted by atomic mass is 9.90. The number of nitrogens with zero attached hydrogens (tertiary/aromatic N) is 1. The Balaban J connectivity index is 1.81. The molecule has 0 bridgehead atoms. The van der Waals surface area contributed by atoms with E-state index in [1.807, 2.05) is 0 Å². The van der Waals surface area contributed by atoms with Crippen LogP contribution in [0.3, 0.4) is 0 Å². The highest BCUT2D eigenvalue weighted by atomic mass is 19.3. The van der Waals surface area contributed by atoms with Gasteiger partial charge < -0.3 is 20.9 Å². The molecule has 0 spiro atoms. The van der Waals surface area contributed by atoms with Crippen LogP contribution < -0.4 is 10.6 Å². The monoisotopic (exact) mass is 348 g/mol. The van der Waals surface area contributed by atoms with Crippen molar-refractivity contribution in [1.29, 1.82) is 5.41 Å². The Labute approximate surface area is 145 Å². The minimum absolute atomic E-state index is 0.0692. The fourth-order valence-corrected chi connectivity index (χ4v) is 3.56. The minimum atomic E-state index is -2.76. The summed E-state index contributed by atoms with van der Waals surface area (Å²) in [6.07, 6.45) is 4.68. The SMILES string of the molecule is N=C/C(=C\NC(F)F)C(=O)N1CCc2cccc([C@@H]3CCCN3)c2C1. The molecule has 1 aromatic carbocycles. The molecular weight excluding hydrogens is 326 g/mol. The van der Waals surface area contributed by atoms with Gasteiger partial charge in [0.1, 0.15) is 0 Å². The maximum atomic E-state index is 12.6. The minimum Gasteiger partial charge on any atom is -0.335 e. The smallest absolute Gasteiger partial charge is 0.312 e. The van der Waals surface area contributed by atoms with E-state index in [0.717, 1.165) is 43.8 Å². The molecule has 3 rings (SSSR count). The lowest BCUT2D eigenvalue weighted by molar-refractivity contribution is -0.127. The van der Waals surface area contributed by atoms with E-state index in [-0.39, 0.29) is 5.57 Å². The van der Waals surface area contributed by atoms with Gasteiger partial charge >= 0.3 is 6.55 Å². The molecule has 2 aliphatic heterocycles. The summed E-state index contributed by atoms with van der Waals surface area (Å²) in [6.45, 7) is -0.795. The van der Waals surface area contributed by atoms with E-state index >= 15 is 0 Å². The fraction of sp³-hybridized carbons (Fsp3) is 0.444. The Kier molecular flexibility index (Phi) is 5.43. The molecule has 0 saturated carbocycles. The van der Waals surface area contributed by atoms with Crippen LogP contribution in [0.5, 0.6) is 0 Å². The number of hydrogen-bond donors (Lipinski definition) is 3. The number of alkyl halides is 2. The second-order valence-corrected chi connectivity index (χ2v) is 6.32. The molecule has 1 fully saturated rings. The largest absolute Gasteiger partial charge is 0.335 e. The lowest BCUT2D eigenvalue weighted by Crippen LogP contribution is -2.38. The molecule has 2 aliphatic rings. The molecule has 1 atom stereocenters. The first-order valence-electron chi connectivity index (χ1n) is 8.48. The van der Waals surface area contributed by atoms with Crippen LogP contribution in [-0.4, -0.2) is 36.7 Å². The first kappa shape index (κ1) is 17.5. The number of carbonyl (C=O) groups excluding carboxylic acids is 1. The molecule has 25 heavy (non-hydrogen) atoms. The summed E-state index contributed by atoms with van der Waals surface area (Å²) in [6, 6.07) is 6.55. The van der Waals surface area contributed by atoms with Crippen molar-refractivity contribution >= 4 is 12.1 Å². The zero-order valence-corrected chi connectivity index (χ0v) is 13.9. The highest BCUT2D eigenvalue weighted by molar-refractivity contribution is 6.11. The van der Waals surface area contributed by atoms with E-state index in [0.29, 0.717) is 19.1 Å². The zero-order chi connectivity index (χ0) is 17.8. The van der Waals surface area contributed by atoms with E-state index in [4.69, 9.17) is 5.41 Å². The fourth-order valence-electron chi connectivity index (χ4n) is 3.56. The van der Waals surface area contributed by atoms with Crippen molar-refractivity contribution in [2.75, 3.05) is 13.1 Å². The number of rotatable bonds is 5. The summed E-state index contributed by atoms with van der Waals surface area (Å²) in [5.74, 6) is -0.400. The molecule has 1 saturated heterocycles. The van der Waals surface area contributed by atoms with Crippen molar-refractivity contribution < 1.29 is 13.6 Å². The predicted octanol–water partition coefficient (Wildman–Crippen LogP) is 2.34. The van der Waals surface area contributed by atoms with E-state index in [2.05, 4.69) is 23.5 Å². The van der Waals surface area contributed by atoms with Gasteiger partial charge in [0.25, 0.3) is 5.91 Å². The van der Waals surface area contributed by atoms with Crippen molar-refractivity contribution in [3.05, 3.63) is 46.7 Å². The van der Waals surface area contributed by atoms with Gasteiger partial charge in [-0.1, -0.05) is 18.2 Å². The number of benzene rings is 1. The predicted molar refractivity (Wildman–Crippen MR) is 91.5 cm³/mol. The van der Waals surface area contributed by atoms with Crippen molar-refractivity contribution in [3.63, 3.8) is 0 Å². The van der Waals surface area contributed by atoms with Gasteiger partial charge in [-0.25, -0.2) is 0 Å². The highest BCUT2D eigenvalue weighted by Crippen LogP contribution is 2.31. The van der Waals surface area contributed by atoms with Crippen LogP contribution in [-0.2, 0) is 17.8 Å². The Morgan fingerprint density at radius 2 is 2.28 bits per heavy atom. The van der Waals surface area contributed by atoms with E-state index < -0.39 is 12.5 Å². The van der Waals surface area contributed by atoms with Gasteiger partial charge in [-0.15, -0.1) is 0 Å². The van der Waals surface area contributed by atoms with Crippen LogP contribution in [0.25, 0.3) is 0 Å². The van der Waals surface area contributed by atoms with Crippen LogP contribution in [0.4, 0.5) is 8.78 Å². The van der Waals surface area contributed by atoms with Gasteiger partial charge in [0, 0.05) is 31.5 Å². The summed E-state index contributed by atoms with van der Waals surface area (Å²) < 4.78 is 24.6. The second-order valence-electron chi connectivity index (χ2n) is 6.32. The Hall–Kier alpha value is -2.28. The van der Waals surface area contributed by atoms with Crippen LogP contribution in [0.1, 0.15) is 35.6 Å². The normalized spacial score (nSPS) is 20.5. The van der Waals surface area contributed by atoms with Gasteiger partial charge in [0.2, 0.25) is 0 Å². The standard InChI is InChI=1S/C18H22F2N4O/c19-18(20)23-10-13(9-21)17(25)24-8-6-12-3-1-4-14(15(12)11-24)16-5-2-7-22-16/h1,3-4,9-10,16,18,21-23H,2,5-8,11H2/b13-10+,21-9?/t16-/m0/s1. The van der Waals surface area contributed by atoms with Gasteiger partial charge in [-0.2, -0.15) is 8.78 Å². The maximum Gasteiger partial charge on any atom is 0.312 e. The van der Waals surface area contributed by atoms with Crippen LogP contribution >= 0.6 is 0 Å². The van der Waals surface area contributed by atoms with E-state index in [9.17, 15) is 13.6 Å². The van der Waals surface area contributed by atoms with Crippen LogP contribution in [0, 0.1) is 5.41 Å². The maximum absolute atomic E-state index is 12.6. The highest BCUT2D eigenvalue weighted by Gasteiger charge is 2.27. The third-order valence-electron chi connectivity index (χ3n) is 4.80. The van der Waals surface area contributed by atoms with E-state index in [1.165, 1.54) is 11.1 Å². The summed E-state index contributed by atoms with van der Waals surface area (Å²) in [4.78, 5) is 14.2. The quantitative estimate of drug-likeness (QED) is 0.435. The number of amides is 1. The third kappa shape index (κ3) is 3.87. The Morgan fingerprint density at radius 3 is 2.96 bits per heavy atom. The van der Waals surface area contributed by atoms with Gasteiger partial charge in [0.05, 0.1) is 5.57 Å². The average molecular weight is 348 g/mol. The third-order valence-corrected chi connectivity index (χ3v) is 4.80. The van der Waals surface area contributed by atoms with Crippen molar-refractivity contribution in [3.8, 4) is 0 Å². The van der Waals surface area contributed by atoms with Crippen molar-refractivity contribution in [2.24, 2.45) is 0 Å². The molecule has 0 aromatic heterocycles. The Bertz CT molecular complexity index is 684. The summed E-state index contributed by atoms with van der Waals surface area (Å²) in [7, 11) is 0. The first-order valence-corrected chi connectivity index (χ1v) is 8.48. The lowest BCUT2D eigenvalue weighted by Gasteiger charge is -2.32. The van der Waals surface area contributed by atoms with E-state index in [1.54, 1.807) is 10.2 Å². The number of hydrogen-bond acceptors (Lipinski definition) is 4. The molecule has 2 heterocycles.